The van der Waals surface area contributed by atoms with Crippen molar-refractivity contribution in [3.8, 4) is 0 Å². The Balaban J connectivity index is 1.98. The smallest absolute Gasteiger partial charge is 0.0140 e. The van der Waals surface area contributed by atoms with Gasteiger partial charge in [0.1, 0.15) is 0 Å². The number of hydrogen-bond acceptors (Lipinski definition) is 0. The molecule has 3 aromatic carbocycles. The second-order valence-corrected chi connectivity index (χ2v) is 6.55. The second kappa shape index (κ2) is 5.18. The molecule has 106 valence electrons. The average molecular weight is 274 g/mol. The van der Waals surface area contributed by atoms with Crippen LogP contribution in [0.5, 0.6) is 0 Å². The molecular weight excluding hydrogens is 252 g/mol. The van der Waals surface area contributed by atoms with E-state index in [0.29, 0.717) is 0 Å². The summed E-state index contributed by atoms with van der Waals surface area (Å²) in [5, 5.41) is 5.61. The zero-order valence-electron chi connectivity index (χ0n) is 12.7. The van der Waals surface area contributed by atoms with Crippen LogP contribution >= 0.6 is 0 Å². The van der Waals surface area contributed by atoms with Crippen molar-refractivity contribution in [2.45, 2.75) is 44.9 Å². The van der Waals surface area contributed by atoms with Crippen molar-refractivity contribution < 1.29 is 0 Å². The van der Waals surface area contributed by atoms with Crippen LogP contribution in [0.1, 0.15) is 49.1 Å². The molecule has 0 aromatic heterocycles. The van der Waals surface area contributed by atoms with Crippen molar-refractivity contribution in [1.29, 1.82) is 0 Å². The van der Waals surface area contributed by atoms with Gasteiger partial charge in [0, 0.05) is 0 Å². The highest BCUT2D eigenvalue weighted by molar-refractivity contribution is 6.00. The highest BCUT2D eigenvalue weighted by Gasteiger charge is 2.19. The third kappa shape index (κ3) is 2.23. The molecular formula is C21H22. The predicted molar refractivity (Wildman–Crippen MR) is 92.0 cm³/mol. The maximum atomic E-state index is 2.42. The molecule has 0 saturated heterocycles. The molecule has 3 aromatic rings. The van der Waals surface area contributed by atoms with Crippen LogP contribution < -0.4 is 0 Å². The fraction of sp³-hybridized carbons (Fsp3) is 0.333. The van der Waals surface area contributed by atoms with Crippen LogP contribution in [-0.2, 0) is 0 Å². The summed E-state index contributed by atoms with van der Waals surface area (Å²) in [6.45, 7) is 2.29. The number of fused-ring (bicyclic) bond motifs is 2. The molecule has 1 saturated carbocycles. The molecule has 1 aliphatic carbocycles. The Kier molecular flexibility index (Phi) is 3.18. The lowest BCUT2D eigenvalue weighted by Crippen LogP contribution is -2.07. The van der Waals surface area contributed by atoms with Crippen LogP contribution in [0, 0.1) is 6.92 Å². The summed E-state index contributed by atoms with van der Waals surface area (Å²) in [6, 6.07) is 18.1. The van der Waals surface area contributed by atoms with E-state index in [1.165, 1.54) is 59.2 Å². The number of benzene rings is 3. The Labute approximate surface area is 126 Å². The van der Waals surface area contributed by atoms with E-state index in [1.54, 1.807) is 5.56 Å². The fourth-order valence-corrected chi connectivity index (χ4v) is 4.08. The molecule has 0 heterocycles. The molecule has 4 rings (SSSR count). The van der Waals surface area contributed by atoms with Gasteiger partial charge in [0.25, 0.3) is 0 Å². The monoisotopic (exact) mass is 274 g/mol. The summed E-state index contributed by atoms with van der Waals surface area (Å²) >= 11 is 0. The van der Waals surface area contributed by atoms with E-state index in [0.717, 1.165) is 5.92 Å². The fourth-order valence-electron chi connectivity index (χ4n) is 4.08. The van der Waals surface area contributed by atoms with Crippen LogP contribution in [0.2, 0.25) is 0 Å². The van der Waals surface area contributed by atoms with Gasteiger partial charge in [-0.25, -0.2) is 0 Å². The van der Waals surface area contributed by atoms with E-state index in [1.807, 2.05) is 0 Å². The number of hydrogen-bond donors (Lipinski definition) is 0. The molecule has 0 unspecified atom stereocenters. The molecule has 1 aliphatic rings. The zero-order valence-corrected chi connectivity index (χ0v) is 12.7. The van der Waals surface area contributed by atoms with Crippen LogP contribution in [0.15, 0.2) is 48.5 Å². The van der Waals surface area contributed by atoms with Crippen LogP contribution in [0.3, 0.4) is 0 Å². The van der Waals surface area contributed by atoms with Crippen LogP contribution in [0.25, 0.3) is 21.5 Å². The van der Waals surface area contributed by atoms with Crippen molar-refractivity contribution in [2.24, 2.45) is 0 Å². The predicted octanol–water partition coefficient (Wildman–Crippen LogP) is 6.35. The molecule has 0 amide bonds. The van der Waals surface area contributed by atoms with Crippen molar-refractivity contribution in [3.63, 3.8) is 0 Å². The first-order valence-electron chi connectivity index (χ1n) is 8.25. The van der Waals surface area contributed by atoms with E-state index in [-0.39, 0.29) is 0 Å². The van der Waals surface area contributed by atoms with Gasteiger partial charge in [-0.3, -0.25) is 0 Å². The Morgan fingerprint density at radius 2 is 1.48 bits per heavy atom. The standard InChI is InChI=1S/C21H22/c1-15-11-12-19-13-17-9-5-6-10-18(17)14-20(19)21(15)16-7-3-2-4-8-16/h5-6,9-14,16H,2-4,7-8H2,1H3. The van der Waals surface area contributed by atoms with E-state index >= 15 is 0 Å². The summed E-state index contributed by atoms with van der Waals surface area (Å²) in [4.78, 5) is 0. The highest BCUT2D eigenvalue weighted by Crippen LogP contribution is 2.39. The minimum atomic E-state index is 0.767. The summed E-state index contributed by atoms with van der Waals surface area (Å²) in [7, 11) is 0. The van der Waals surface area contributed by atoms with Gasteiger partial charge in [0.15, 0.2) is 0 Å². The molecule has 21 heavy (non-hydrogen) atoms. The second-order valence-electron chi connectivity index (χ2n) is 6.55. The van der Waals surface area contributed by atoms with Gasteiger partial charge >= 0.3 is 0 Å². The summed E-state index contributed by atoms with van der Waals surface area (Å²) in [5.41, 5.74) is 3.10. The lowest BCUT2D eigenvalue weighted by Gasteiger charge is -2.25. The summed E-state index contributed by atoms with van der Waals surface area (Å²) in [6.07, 6.45) is 6.95. The topological polar surface area (TPSA) is 0 Å². The first-order valence-corrected chi connectivity index (χ1v) is 8.25. The van der Waals surface area contributed by atoms with E-state index in [9.17, 15) is 0 Å². The first kappa shape index (κ1) is 12.9. The molecule has 0 heteroatoms. The SMILES string of the molecule is Cc1ccc2cc3ccccc3cc2c1C1CCCCC1. The first-order chi connectivity index (χ1) is 10.3. The maximum absolute atomic E-state index is 2.42. The van der Waals surface area contributed by atoms with Gasteiger partial charge in [-0.1, -0.05) is 55.7 Å². The Hall–Kier alpha value is -1.82. The van der Waals surface area contributed by atoms with Crippen molar-refractivity contribution >= 4 is 21.5 Å². The molecule has 0 nitrogen and oxygen atoms in total. The quantitative estimate of drug-likeness (QED) is 0.454. The highest BCUT2D eigenvalue weighted by atomic mass is 14.2. The summed E-state index contributed by atoms with van der Waals surface area (Å²) < 4.78 is 0. The largest absolute Gasteiger partial charge is 0.0616 e. The van der Waals surface area contributed by atoms with E-state index in [2.05, 4.69) is 55.5 Å². The third-order valence-electron chi connectivity index (χ3n) is 5.16. The molecule has 0 atom stereocenters. The van der Waals surface area contributed by atoms with Gasteiger partial charge in [-0.2, -0.15) is 0 Å². The normalized spacial score (nSPS) is 16.6. The molecule has 0 spiro atoms. The lowest BCUT2D eigenvalue weighted by molar-refractivity contribution is 0.444. The van der Waals surface area contributed by atoms with Crippen molar-refractivity contribution in [1.82, 2.24) is 0 Å². The number of aryl methyl sites for hydroxylation is 1. The zero-order chi connectivity index (χ0) is 14.2. The van der Waals surface area contributed by atoms with Gasteiger partial charge in [0.2, 0.25) is 0 Å². The van der Waals surface area contributed by atoms with Gasteiger partial charge in [-0.15, -0.1) is 0 Å². The lowest BCUT2D eigenvalue weighted by atomic mass is 9.80. The Bertz CT molecular complexity index is 792. The molecule has 0 radical (unpaired) electrons. The van der Waals surface area contributed by atoms with E-state index in [4.69, 9.17) is 0 Å². The van der Waals surface area contributed by atoms with Crippen LogP contribution in [0.4, 0.5) is 0 Å². The third-order valence-corrected chi connectivity index (χ3v) is 5.16. The van der Waals surface area contributed by atoms with Gasteiger partial charge in [0.05, 0.1) is 0 Å². The van der Waals surface area contributed by atoms with E-state index < -0.39 is 0 Å². The molecule has 0 bridgehead atoms. The van der Waals surface area contributed by atoms with Crippen molar-refractivity contribution in [3.05, 3.63) is 59.7 Å². The Morgan fingerprint density at radius 1 is 0.762 bits per heavy atom. The van der Waals surface area contributed by atoms with Gasteiger partial charge in [-0.05, 0) is 70.5 Å². The Morgan fingerprint density at radius 3 is 2.24 bits per heavy atom. The molecule has 0 aliphatic heterocycles. The van der Waals surface area contributed by atoms with Gasteiger partial charge < -0.3 is 0 Å². The number of rotatable bonds is 1. The van der Waals surface area contributed by atoms with Crippen LogP contribution in [-0.4, -0.2) is 0 Å². The summed E-state index contributed by atoms with van der Waals surface area (Å²) in [5.74, 6) is 0.767. The average Bonchev–Trinajstić information content (AvgIpc) is 2.54. The molecule has 0 N–H and O–H groups in total. The minimum absolute atomic E-state index is 0.767. The maximum Gasteiger partial charge on any atom is -0.0140 e. The van der Waals surface area contributed by atoms with Crippen molar-refractivity contribution in [2.75, 3.05) is 0 Å². The molecule has 1 fully saturated rings. The minimum Gasteiger partial charge on any atom is -0.0616 e.